The molecule has 0 aliphatic heterocycles. The third-order valence-corrected chi connectivity index (χ3v) is 3.66. The van der Waals surface area contributed by atoms with Gasteiger partial charge in [0.15, 0.2) is 0 Å². The number of hydrogen-bond acceptors (Lipinski definition) is 2. The predicted octanol–water partition coefficient (Wildman–Crippen LogP) is 4.47. The van der Waals surface area contributed by atoms with E-state index in [1.54, 1.807) is 6.92 Å². The molecule has 0 rings (SSSR count). The Labute approximate surface area is 122 Å². The fourth-order valence-corrected chi connectivity index (χ4v) is 2.36. The fraction of sp³-hybridized carbons (Fsp3) is 0.600. The zero-order chi connectivity index (χ0) is 15.8. The summed E-state index contributed by atoms with van der Waals surface area (Å²) in [6.07, 6.45) is 7.19. The Morgan fingerprint density at radius 1 is 1.00 bits per heavy atom. The number of aliphatic hydroxyl groups excluding tert-OH is 1. The minimum atomic E-state index is -4.18. The molecule has 0 fully saturated rings. The van der Waals surface area contributed by atoms with Crippen LogP contribution in [0.15, 0.2) is 34.6 Å². The van der Waals surface area contributed by atoms with E-state index in [1.807, 2.05) is 0 Å². The van der Waals surface area contributed by atoms with E-state index in [-0.39, 0.29) is 5.76 Å². The maximum atomic E-state index is 10.8. The number of rotatable bonds is 8. The van der Waals surface area contributed by atoms with Crippen molar-refractivity contribution >= 4 is 7.60 Å². The molecule has 20 heavy (non-hydrogen) atoms. The number of aliphatic hydroxyl groups is 1. The molecule has 0 aliphatic rings. The van der Waals surface area contributed by atoms with Crippen LogP contribution in [-0.4, -0.2) is 21.1 Å². The third kappa shape index (κ3) is 11.0. The van der Waals surface area contributed by atoms with Crippen molar-refractivity contribution in [3.8, 4) is 0 Å². The summed E-state index contributed by atoms with van der Waals surface area (Å²) in [5.74, 6) is -0.186. The van der Waals surface area contributed by atoms with Gasteiger partial charge < -0.3 is 14.9 Å². The molecule has 0 aromatic heterocycles. The van der Waals surface area contributed by atoms with Gasteiger partial charge in [-0.05, 0) is 59.0 Å². The standard InChI is InChI=1S/C15H27O4P/c1-12(2)7-5-8-13(3)9-6-10-14(4)15(16)11-20(17,18)19/h7,9,16H,5-6,8,10-11H2,1-4H3,(H2,17,18,19). The van der Waals surface area contributed by atoms with Gasteiger partial charge in [0.1, 0.15) is 11.9 Å². The van der Waals surface area contributed by atoms with Crippen LogP contribution in [0.5, 0.6) is 0 Å². The van der Waals surface area contributed by atoms with E-state index in [0.717, 1.165) is 19.3 Å². The second-order valence-electron chi connectivity index (χ2n) is 5.46. The Kier molecular flexibility index (Phi) is 8.79. The number of hydrogen-bond donors (Lipinski definition) is 3. The highest BCUT2D eigenvalue weighted by Gasteiger charge is 2.16. The van der Waals surface area contributed by atoms with Crippen LogP contribution in [0.25, 0.3) is 0 Å². The van der Waals surface area contributed by atoms with E-state index in [2.05, 4.69) is 32.9 Å². The zero-order valence-corrected chi connectivity index (χ0v) is 13.8. The van der Waals surface area contributed by atoms with Crippen molar-refractivity contribution in [2.45, 2.75) is 53.4 Å². The molecule has 3 N–H and O–H groups in total. The van der Waals surface area contributed by atoms with Crippen molar-refractivity contribution in [3.05, 3.63) is 34.6 Å². The molecular weight excluding hydrogens is 275 g/mol. The molecule has 0 saturated carbocycles. The lowest BCUT2D eigenvalue weighted by molar-refractivity contribution is 0.353. The van der Waals surface area contributed by atoms with Crippen LogP contribution in [0.4, 0.5) is 0 Å². The normalized spacial score (nSPS) is 14.0. The van der Waals surface area contributed by atoms with Crippen LogP contribution in [0, 0.1) is 0 Å². The first-order valence-electron chi connectivity index (χ1n) is 6.83. The molecule has 0 unspecified atom stereocenters. The van der Waals surface area contributed by atoms with Crippen molar-refractivity contribution in [2.75, 3.05) is 6.16 Å². The average molecular weight is 302 g/mol. The first-order chi connectivity index (χ1) is 9.11. The van der Waals surface area contributed by atoms with Gasteiger partial charge in [0, 0.05) is 0 Å². The monoisotopic (exact) mass is 302 g/mol. The molecule has 0 heterocycles. The average Bonchev–Trinajstić information content (AvgIpc) is 2.25. The van der Waals surface area contributed by atoms with Gasteiger partial charge in [0.25, 0.3) is 0 Å². The van der Waals surface area contributed by atoms with Crippen molar-refractivity contribution in [2.24, 2.45) is 0 Å². The van der Waals surface area contributed by atoms with E-state index in [1.165, 1.54) is 11.1 Å². The van der Waals surface area contributed by atoms with E-state index in [9.17, 15) is 9.67 Å². The molecule has 0 radical (unpaired) electrons. The third-order valence-electron chi connectivity index (χ3n) is 2.95. The van der Waals surface area contributed by atoms with E-state index in [4.69, 9.17) is 9.79 Å². The van der Waals surface area contributed by atoms with Crippen molar-refractivity contribution in [1.29, 1.82) is 0 Å². The van der Waals surface area contributed by atoms with Crippen LogP contribution in [0.1, 0.15) is 53.4 Å². The SMILES string of the molecule is CC(C)=CCCC(C)=CCCC(C)=C(O)CP(=O)(O)O. The van der Waals surface area contributed by atoms with Gasteiger partial charge in [-0.3, -0.25) is 4.57 Å². The second-order valence-corrected chi connectivity index (χ2v) is 7.10. The van der Waals surface area contributed by atoms with Crippen LogP contribution < -0.4 is 0 Å². The highest BCUT2D eigenvalue weighted by atomic mass is 31.2. The molecule has 116 valence electrons. The van der Waals surface area contributed by atoms with E-state index >= 15 is 0 Å². The molecule has 0 spiro atoms. The summed E-state index contributed by atoms with van der Waals surface area (Å²) in [5.41, 5.74) is 3.25. The summed E-state index contributed by atoms with van der Waals surface area (Å²) in [4.78, 5) is 17.6. The van der Waals surface area contributed by atoms with E-state index < -0.39 is 13.8 Å². The molecule has 0 atom stereocenters. The summed E-state index contributed by atoms with van der Waals surface area (Å²) in [6.45, 7) is 7.94. The molecule has 0 aliphatic carbocycles. The van der Waals surface area contributed by atoms with Crippen LogP contribution in [0.2, 0.25) is 0 Å². The highest BCUT2D eigenvalue weighted by molar-refractivity contribution is 7.52. The van der Waals surface area contributed by atoms with E-state index in [0.29, 0.717) is 12.0 Å². The molecule has 0 amide bonds. The Morgan fingerprint density at radius 3 is 2.05 bits per heavy atom. The molecule has 0 bridgehead atoms. The largest absolute Gasteiger partial charge is 0.512 e. The maximum absolute atomic E-state index is 10.8. The Hall–Kier alpha value is -0.830. The first-order valence-corrected chi connectivity index (χ1v) is 8.62. The van der Waals surface area contributed by atoms with Gasteiger partial charge in [-0.2, -0.15) is 0 Å². The van der Waals surface area contributed by atoms with Gasteiger partial charge in [0.05, 0.1) is 0 Å². The minimum Gasteiger partial charge on any atom is -0.512 e. The van der Waals surface area contributed by atoms with Crippen molar-refractivity contribution in [3.63, 3.8) is 0 Å². The quantitative estimate of drug-likeness (QED) is 0.351. The Bertz CT molecular complexity index is 437. The fourth-order valence-electron chi connectivity index (χ4n) is 1.70. The summed E-state index contributed by atoms with van der Waals surface area (Å²) < 4.78 is 10.8. The minimum absolute atomic E-state index is 0.186. The summed E-state index contributed by atoms with van der Waals surface area (Å²) >= 11 is 0. The maximum Gasteiger partial charge on any atom is 0.333 e. The first kappa shape index (κ1) is 19.2. The van der Waals surface area contributed by atoms with Gasteiger partial charge in [-0.15, -0.1) is 0 Å². The number of allylic oxidation sites excluding steroid dienone is 6. The molecular formula is C15H27O4P. The predicted molar refractivity (Wildman–Crippen MR) is 83.9 cm³/mol. The zero-order valence-electron chi connectivity index (χ0n) is 12.9. The molecule has 5 heteroatoms. The van der Waals surface area contributed by atoms with Gasteiger partial charge in [-0.1, -0.05) is 23.3 Å². The van der Waals surface area contributed by atoms with Crippen LogP contribution >= 0.6 is 7.60 Å². The lowest BCUT2D eigenvalue weighted by atomic mass is 10.1. The lowest BCUT2D eigenvalue weighted by Gasteiger charge is -2.07. The molecule has 0 aromatic carbocycles. The van der Waals surface area contributed by atoms with Gasteiger partial charge in [-0.25, -0.2) is 0 Å². The molecule has 0 aromatic rings. The van der Waals surface area contributed by atoms with Gasteiger partial charge in [0.2, 0.25) is 0 Å². The lowest BCUT2D eigenvalue weighted by Crippen LogP contribution is -1.96. The van der Waals surface area contributed by atoms with Crippen LogP contribution in [0.3, 0.4) is 0 Å². The van der Waals surface area contributed by atoms with Crippen molar-refractivity contribution < 1.29 is 19.5 Å². The topological polar surface area (TPSA) is 77.8 Å². The van der Waals surface area contributed by atoms with Crippen LogP contribution in [-0.2, 0) is 4.57 Å². The Balaban J connectivity index is 4.24. The highest BCUT2D eigenvalue weighted by Crippen LogP contribution is 2.37. The summed E-state index contributed by atoms with van der Waals surface area (Å²) in [6, 6.07) is 0. The molecule has 0 saturated heterocycles. The second kappa shape index (κ2) is 9.17. The summed E-state index contributed by atoms with van der Waals surface area (Å²) in [5, 5.41) is 9.58. The van der Waals surface area contributed by atoms with Crippen molar-refractivity contribution in [1.82, 2.24) is 0 Å². The molecule has 4 nitrogen and oxygen atoms in total. The smallest absolute Gasteiger partial charge is 0.333 e. The Morgan fingerprint density at radius 2 is 1.55 bits per heavy atom. The summed E-state index contributed by atoms with van der Waals surface area (Å²) in [7, 11) is -4.18. The van der Waals surface area contributed by atoms with Gasteiger partial charge >= 0.3 is 7.60 Å².